The van der Waals surface area contributed by atoms with Crippen molar-refractivity contribution in [1.82, 2.24) is 14.5 Å². The number of carboxylic acid groups (broad SMARTS) is 1. The SMILES string of the molecule is Cc1ccc2nc(SCC(=O)O)n(C3CCC(C)C3)c2n1. The molecule has 6 heteroatoms. The average Bonchev–Trinajstić information content (AvgIpc) is 2.99. The minimum Gasteiger partial charge on any atom is -0.481 e. The van der Waals surface area contributed by atoms with E-state index in [9.17, 15) is 4.79 Å². The summed E-state index contributed by atoms with van der Waals surface area (Å²) in [6.07, 6.45) is 3.43. The first-order valence-electron chi connectivity index (χ1n) is 7.24. The summed E-state index contributed by atoms with van der Waals surface area (Å²) < 4.78 is 2.17. The summed E-state index contributed by atoms with van der Waals surface area (Å²) in [6, 6.07) is 4.30. The zero-order valence-corrected chi connectivity index (χ0v) is 13.1. The highest BCUT2D eigenvalue weighted by Gasteiger charge is 2.27. The van der Waals surface area contributed by atoms with Gasteiger partial charge in [-0.2, -0.15) is 0 Å². The Morgan fingerprint density at radius 3 is 2.90 bits per heavy atom. The lowest BCUT2D eigenvalue weighted by molar-refractivity contribution is -0.133. The third-order valence-electron chi connectivity index (χ3n) is 4.00. The van der Waals surface area contributed by atoms with E-state index in [1.165, 1.54) is 18.2 Å². The van der Waals surface area contributed by atoms with Crippen LogP contribution in [0.3, 0.4) is 0 Å². The molecule has 112 valence electrons. The van der Waals surface area contributed by atoms with Crippen molar-refractivity contribution in [3.05, 3.63) is 17.8 Å². The number of carboxylic acids is 1. The maximum Gasteiger partial charge on any atom is 0.313 e. The first-order valence-corrected chi connectivity index (χ1v) is 8.23. The summed E-state index contributed by atoms with van der Waals surface area (Å²) in [6.45, 7) is 4.24. The third kappa shape index (κ3) is 2.90. The molecule has 0 saturated heterocycles. The summed E-state index contributed by atoms with van der Waals surface area (Å²) in [5, 5.41) is 9.70. The lowest BCUT2D eigenvalue weighted by Crippen LogP contribution is -2.09. The highest BCUT2D eigenvalue weighted by Crippen LogP contribution is 2.38. The van der Waals surface area contributed by atoms with E-state index in [-0.39, 0.29) is 5.75 Å². The smallest absolute Gasteiger partial charge is 0.313 e. The maximum atomic E-state index is 10.9. The normalized spacial score (nSPS) is 22.0. The van der Waals surface area contributed by atoms with Crippen molar-refractivity contribution in [3.8, 4) is 0 Å². The Hall–Kier alpha value is -1.56. The molecule has 0 radical (unpaired) electrons. The van der Waals surface area contributed by atoms with Crippen molar-refractivity contribution in [2.75, 3.05) is 5.75 Å². The largest absolute Gasteiger partial charge is 0.481 e. The molecule has 1 aliphatic rings. The number of aliphatic carboxylic acids is 1. The molecule has 21 heavy (non-hydrogen) atoms. The molecule has 2 unspecified atom stereocenters. The van der Waals surface area contributed by atoms with E-state index in [0.717, 1.165) is 34.9 Å². The molecular weight excluding hydrogens is 286 g/mol. The van der Waals surface area contributed by atoms with E-state index in [1.54, 1.807) is 0 Å². The Bertz CT molecular complexity index is 683. The summed E-state index contributed by atoms with van der Waals surface area (Å²) >= 11 is 1.29. The van der Waals surface area contributed by atoms with E-state index in [0.29, 0.717) is 12.0 Å². The van der Waals surface area contributed by atoms with Crippen molar-refractivity contribution in [2.24, 2.45) is 5.92 Å². The lowest BCUT2D eigenvalue weighted by atomic mass is 10.1. The summed E-state index contributed by atoms with van der Waals surface area (Å²) in [7, 11) is 0. The van der Waals surface area contributed by atoms with Gasteiger partial charge >= 0.3 is 5.97 Å². The van der Waals surface area contributed by atoms with Crippen LogP contribution in [0.15, 0.2) is 17.3 Å². The Balaban J connectivity index is 2.05. The molecule has 2 atom stereocenters. The number of hydrogen-bond donors (Lipinski definition) is 1. The van der Waals surface area contributed by atoms with Crippen LogP contribution in [0.5, 0.6) is 0 Å². The number of nitrogens with zero attached hydrogens (tertiary/aromatic N) is 3. The fourth-order valence-corrected chi connectivity index (χ4v) is 3.81. The number of carbonyl (C=O) groups is 1. The van der Waals surface area contributed by atoms with Crippen LogP contribution in [-0.2, 0) is 4.79 Å². The van der Waals surface area contributed by atoms with Crippen molar-refractivity contribution in [2.45, 2.75) is 44.3 Å². The van der Waals surface area contributed by atoms with E-state index in [2.05, 4.69) is 21.5 Å². The van der Waals surface area contributed by atoms with Gasteiger partial charge in [0, 0.05) is 11.7 Å². The second kappa shape index (κ2) is 5.67. The number of imidazole rings is 1. The maximum absolute atomic E-state index is 10.9. The lowest BCUT2D eigenvalue weighted by Gasteiger charge is -2.15. The molecule has 3 rings (SSSR count). The predicted molar refractivity (Wildman–Crippen MR) is 82.7 cm³/mol. The number of thioether (sulfide) groups is 1. The van der Waals surface area contributed by atoms with Crippen molar-refractivity contribution < 1.29 is 9.90 Å². The summed E-state index contributed by atoms with van der Waals surface area (Å²) in [4.78, 5) is 20.1. The Kier molecular flexibility index (Phi) is 3.89. The molecule has 5 nitrogen and oxygen atoms in total. The molecule has 0 spiro atoms. The van der Waals surface area contributed by atoms with Crippen LogP contribution in [-0.4, -0.2) is 31.4 Å². The van der Waals surface area contributed by atoms with Crippen LogP contribution in [0, 0.1) is 12.8 Å². The van der Waals surface area contributed by atoms with Gasteiger partial charge in [-0.05, 0) is 44.2 Å². The number of aryl methyl sites for hydroxylation is 1. The van der Waals surface area contributed by atoms with Gasteiger partial charge in [-0.3, -0.25) is 4.79 Å². The van der Waals surface area contributed by atoms with Crippen LogP contribution < -0.4 is 0 Å². The molecule has 0 amide bonds. The first kappa shape index (κ1) is 14.4. The van der Waals surface area contributed by atoms with Gasteiger partial charge in [0.1, 0.15) is 5.52 Å². The van der Waals surface area contributed by atoms with Crippen LogP contribution in [0.25, 0.3) is 11.2 Å². The molecular formula is C15H19N3O2S. The van der Waals surface area contributed by atoms with Crippen LogP contribution in [0.1, 0.15) is 37.9 Å². The minimum absolute atomic E-state index is 0.0323. The standard InChI is InChI=1S/C15H19N3O2S/c1-9-3-5-11(7-9)18-14-12(6-4-10(2)16-14)17-15(18)21-8-13(19)20/h4,6,9,11H,3,5,7-8H2,1-2H3,(H,19,20). The molecule has 1 fully saturated rings. The fourth-order valence-electron chi connectivity index (χ4n) is 3.02. The van der Waals surface area contributed by atoms with Gasteiger partial charge in [-0.1, -0.05) is 18.7 Å². The van der Waals surface area contributed by atoms with Gasteiger partial charge in [-0.25, -0.2) is 9.97 Å². The molecule has 0 aromatic carbocycles. The first-order chi connectivity index (χ1) is 10.0. The van der Waals surface area contributed by atoms with E-state index >= 15 is 0 Å². The Morgan fingerprint density at radius 1 is 1.43 bits per heavy atom. The number of fused-ring (bicyclic) bond motifs is 1. The van der Waals surface area contributed by atoms with Crippen LogP contribution in [0.2, 0.25) is 0 Å². The van der Waals surface area contributed by atoms with Gasteiger partial charge in [0.05, 0.1) is 5.75 Å². The summed E-state index contributed by atoms with van der Waals surface area (Å²) in [5.74, 6) is -0.0815. The minimum atomic E-state index is -0.817. The number of aromatic nitrogens is 3. The molecule has 0 bridgehead atoms. The monoisotopic (exact) mass is 305 g/mol. The number of hydrogen-bond acceptors (Lipinski definition) is 4. The Morgan fingerprint density at radius 2 is 2.24 bits per heavy atom. The molecule has 1 saturated carbocycles. The molecule has 2 heterocycles. The number of rotatable bonds is 4. The Labute approximate surface area is 127 Å². The molecule has 1 N–H and O–H groups in total. The number of pyridine rings is 1. The third-order valence-corrected chi connectivity index (χ3v) is 4.94. The van der Waals surface area contributed by atoms with Gasteiger partial charge in [0.2, 0.25) is 0 Å². The van der Waals surface area contributed by atoms with Gasteiger partial charge in [-0.15, -0.1) is 0 Å². The van der Waals surface area contributed by atoms with Gasteiger partial charge < -0.3 is 9.67 Å². The highest BCUT2D eigenvalue weighted by atomic mass is 32.2. The quantitative estimate of drug-likeness (QED) is 0.878. The van der Waals surface area contributed by atoms with E-state index in [1.807, 2.05) is 19.1 Å². The van der Waals surface area contributed by atoms with E-state index < -0.39 is 5.97 Å². The van der Waals surface area contributed by atoms with Crippen LogP contribution in [0.4, 0.5) is 0 Å². The zero-order valence-electron chi connectivity index (χ0n) is 12.2. The van der Waals surface area contributed by atoms with Crippen molar-refractivity contribution in [3.63, 3.8) is 0 Å². The second-order valence-corrected chi connectivity index (χ2v) is 6.76. The summed E-state index contributed by atoms with van der Waals surface area (Å²) in [5.41, 5.74) is 2.71. The molecule has 1 aliphatic carbocycles. The van der Waals surface area contributed by atoms with Crippen molar-refractivity contribution >= 4 is 28.9 Å². The fraction of sp³-hybridized carbons (Fsp3) is 0.533. The van der Waals surface area contributed by atoms with Crippen LogP contribution >= 0.6 is 11.8 Å². The van der Waals surface area contributed by atoms with E-state index in [4.69, 9.17) is 5.11 Å². The average molecular weight is 305 g/mol. The molecule has 2 aromatic rings. The topological polar surface area (TPSA) is 68.0 Å². The second-order valence-electron chi connectivity index (χ2n) is 5.81. The zero-order chi connectivity index (χ0) is 15.0. The molecule has 0 aliphatic heterocycles. The van der Waals surface area contributed by atoms with Crippen molar-refractivity contribution in [1.29, 1.82) is 0 Å². The van der Waals surface area contributed by atoms with Gasteiger partial charge in [0.25, 0.3) is 0 Å². The highest BCUT2D eigenvalue weighted by molar-refractivity contribution is 7.99. The predicted octanol–water partition coefficient (Wildman–Crippen LogP) is 3.28. The van der Waals surface area contributed by atoms with Gasteiger partial charge in [0.15, 0.2) is 10.8 Å². The molecule has 2 aromatic heterocycles.